The molecule has 0 unspecified atom stereocenters. The van der Waals surface area contributed by atoms with E-state index < -0.39 is 17.7 Å². The number of alkyl halides is 3. The fraction of sp³-hybridized carbons (Fsp3) is 0.435. The highest BCUT2D eigenvalue weighted by molar-refractivity contribution is 6.36. The number of hydrogen-bond acceptors (Lipinski definition) is 6. The number of methoxy groups -OCH3 is 2. The minimum absolute atomic E-state index is 0.00842. The van der Waals surface area contributed by atoms with Gasteiger partial charge in [0, 0.05) is 5.56 Å². The molecule has 0 spiro atoms. The molecule has 1 aliphatic rings. The average Bonchev–Trinajstić information content (AvgIpc) is 2.97. The molecule has 2 aromatic heterocycles. The number of halogens is 4. The molecule has 1 aliphatic heterocycles. The Balaban J connectivity index is 1.79. The first-order valence-corrected chi connectivity index (χ1v) is 11.2. The molecule has 0 radical (unpaired) electrons. The van der Waals surface area contributed by atoms with Crippen molar-refractivity contribution < 1.29 is 27.4 Å². The van der Waals surface area contributed by atoms with Gasteiger partial charge in [0.15, 0.2) is 34.3 Å². The van der Waals surface area contributed by atoms with Gasteiger partial charge in [0.25, 0.3) is 0 Å². The molecule has 11 heteroatoms. The zero-order valence-electron chi connectivity index (χ0n) is 18.8. The molecule has 0 atom stereocenters. The lowest BCUT2D eigenvalue weighted by molar-refractivity contribution is -0.142. The number of carbonyl (C=O) groups excluding carboxylic acids is 1. The van der Waals surface area contributed by atoms with Crippen molar-refractivity contribution in [2.45, 2.75) is 31.9 Å². The number of ketones is 1. The van der Waals surface area contributed by atoms with Crippen molar-refractivity contribution in [1.29, 1.82) is 0 Å². The first-order valence-electron chi connectivity index (χ1n) is 10.9. The van der Waals surface area contributed by atoms with Crippen molar-refractivity contribution in [2.75, 3.05) is 33.9 Å². The van der Waals surface area contributed by atoms with E-state index >= 15 is 0 Å². The van der Waals surface area contributed by atoms with Crippen LogP contribution in [0.1, 0.15) is 41.9 Å². The predicted octanol–water partition coefficient (Wildman–Crippen LogP) is 5.14. The number of Topliss-reactive ketones (excluding diaryl/α,β-unsaturated/α-hetero) is 1. The van der Waals surface area contributed by atoms with Crippen LogP contribution in [0.15, 0.2) is 24.3 Å². The van der Waals surface area contributed by atoms with Crippen molar-refractivity contribution in [1.82, 2.24) is 19.5 Å². The summed E-state index contributed by atoms with van der Waals surface area (Å²) in [6.07, 6.45) is -0.622. The summed E-state index contributed by atoms with van der Waals surface area (Å²) in [6.45, 7) is 1.56. The summed E-state index contributed by atoms with van der Waals surface area (Å²) >= 11 is 6.39. The average molecular weight is 497 g/mol. The van der Waals surface area contributed by atoms with E-state index in [4.69, 9.17) is 21.1 Å². The van der Waals surface area contributed by atoms with E-state index in [0.29, 0.717) is 21.6 Å². The van der Waals surface area contributed by atoms with Crippen LogP contribution in [0, 0.1) is 0 Å². The summed E-state index contributed by atoms with van der Waals surface area (Å²) < 4.78 is 53.0. The second-order valence-corrected chi connectivity index (χ2v) is 8.48. The number of ether oxygens (including phenoxy) is 2. The lowest BCUT2D eigenvalue weighted by atomic mass is 10.1. The summed E-state index contributed by atoms with van der Waals surface area (Å²) in [5, 5.41) is 3.74. The standard InChI is InChI=1S/C23H24ClF3N4O3/c1-33-17-8-7-14(11-18(17)34-2)15-12-19(23(25,26)27)31-22(28-15)20(24)21(29-31)16(32)13-30-9-5-3-4-6-10-30/h7-8,11-12H,3-6,9-10,13H2,1-2H3. The molecule has 4 rings (SSSR count). The van der Waals surface area contributed by atoms with Gasteiger partial charge in [-0.2, -0.15) is 18.3 Å². The van der Waals surface area contributed by atoms with Gasteiger partial charge in [0.05, 0.1) is 26.5 Å². The minimum atomic E-state index is -4.76. The summed E-state index contributed by atoms with van der Waals surface area (Å²) in [7, 11) is 2.88. The van der Waals surface area contributed by atoms with Crippen molar-refractivity contribution >= 4 is 23.0 Å². The number of benzene rings is 1. The number of hydrogen-bond donors (Lipinski definition) is 0. The molecular formula is C23H24ClF3N4O3. The number of aromatic nitrogens is 3. The Morgan fingerprint density at radius 1 is 1.06 bits per heavy atom. The predicted molar refractivity (Wildman–Crippen MR) is 121 cm³/mol. The van der Waals surface area contributed by atoms with Crippen molar-refractivity contribution in [3.8, 4) is 22.8 Å². The van der Waals surface area contributed by atoms with Gasteiger partial charge in [-0.05, 0) is 50.2 Å². The van der Waals surface area contributed by atoms with Crippen LogP contribution >= 0.6 is 11.6 Å². The molecule has 1 fully saturated rings. The monoisotopic (exact) mass is 496 g/mol. The Labute approximate surface area is 199 Å². The van der Waals surface area contributed by atoms with Crippen LogP contribution in [0.25, 0.3) is 16.9 Å². The van der Waals surface area contributed by atoms with Gasteiger partial charge in [-0.25, -0.2) is 9.50 Å². The van der Waals surface area contributed by atoms with Crippen molar-refractivity contribution in [3.05, 3.63) is 40.7 Å². The molecule has 182 valence electrons. The molecule has 1 saturated heterocycles. The third-order valence-corrected chi connectivity index (χ3v) is 6.18. The number of likely N-dealkylation sites (tertiary alicyclic amines) is 1. The fourth-order valence-corrected chi connectivity index (χ4v) is 4.35. The van der Waals surface area contributed by atoms with E-state index in [-0.39, 0.29) is 28.6 Å². The number of nitrogens with zero attached hydrogens (tertiary/aromatic N) is 4. The Morgan fingerprint density at radius 3 is 2.35 bits per heavy atom. The Kier molecular flexibility index (Phi) is 6.99. The Hall–Kier alpha value is -2.85. The third kappa shape index (κ3) is 4.83. The molecule has 0 N–H and O–H groups in total. The van der Waals surface area contributed by atoms with Crippen LogP contribution in [0.3, 0.4) is 0 Å². The second-order valence-electron chi connectivity index (χ2n) is 8.11. The van der Waals surface area contributed by atoms with Crippen LogP contribution in [0.2, 0.25) is 5.02 Å². The van der Waals surface area contributed by atoms with Crippen molar-refractivity contribution in [2.24, 2.45) is 0 Å². The van der Waals surface area contributed by atoms with Crippen molar-refractivity contribution in [3.63, 3.8) is 0 Å². The van der Waals surface area contributed by atoms with E-state index in [9.17, 15) is 18.0 Å². The van der Waals surface area contributed by atoms with Crippen LogP contribution in [0.5, 0.6) is 11.5 Å². The molecule has 0 amide bonds. The first-order chi connectivity index (χ1) is 16.2. The van der Waals surface area contributed by atoms with E-state index in [1.54, 1.807) is 12.1 Å². The molecule has 3 heterocycles. The van der Waals surface area contributed by atoms with Crippen LogP contribution < -0.4 is 9.47 Å². The number of fused-ring (bicyclic) bond motifs is 1. The van der Waals surface area contributed by atoms with E-state index in [1.807, 2.05) is 4.90 Å². The molecule has 0 bridgehead atoms. The smallest absolute Gasteiger partial charge is 0.433 e. The summed E-state index contributed by atoms with van der Waals surface area (Å²) in [5.41, 5.74) is -1.17. The van der Waals surface area contributed by atoms with E-state index in [2.05, 4.69) is 10.1 Å². The van der Waals surface area contributed by atoms with Crippen LogP contribution in [-0.4, -0.2) is 59.1 Å². The minimum Gasteiger partial charge on any atom is -0.493 e. The van der Waals surface area contributed by atoms with Gasteiger partial charge >= 0.3 is 6.18 Å². The zero-order valence-corrected chi connectivity index (χ0v) is 19.5. The van der Waals surface area contributed by atoms with Gasteiger partial charge in [-0.15, -0.1) is 0 Å². The highest BCUT2D eigenvalue weighted by Gasteiger charge is 2.37. The van der Waals surface area contributed by atoms with Gasteiger partial charge in [-0.3, -0.25) is 9.69 Å². The van der Waals surface area contributed by atoms with Gasteiger partial charge in [-0.1, -0.05) is 24.4 Å². The normalized spacial score (nSPS) is 15.4. The van der Waals surface area contributed by atoms with Gasteiger partial charge in [0.2, 0.25) is 0 Å². The molecule has 0 saturated carbocycles. The molecule has 34 heavy (non-hydrogen) atoms. The van der Waals surface area contributed by atoms with Crippen LogP contribution in [0.4, 0.5) is 13.2 Å². The second kappa shape index (κ2) is 9.79. The fourth-order valence-electron chi connectivity index (χ4n) is 4.09. The first kappa shape index (κ1) is 24.3. The quantitative estimate of drug-likeness (QED) is 0.440. The lowest BCUT2D eigenvalue weighted by Crippen LogP contribution is -2.31. The van der Waals surface area contributed by atoms with E-state index in [1.165, 1.54) is 20.3 Å². The number of rotatable bonds is 6. The van der Waals surface area contributed by atoms with Crippen LogP contribution in [-0.2, 0) is 6.18 Å². The summed E-state index contributed by atoms with van der Waals surface area (Å²) in [6, 6.07) is 5.53. The Morgan fingerprint density at radius 2 is 1.74 bits per heavy atom. The van der Waals surface area contributed by atoms with Gasteiger partial charge < -0.3 is 9.47 Å². The topological polar surface area (TPSA) is 69.0 Å². The molecule has 7 nitrogen and oxygen atoms in total. The Bertz CT molecular complexity index is 1200. The highest BCUT2D eigenvalue weighted by atomic mass is 35.5. The largest absolute Gasteiger partial charge is 0.493 e. The molecular weight excluding hydrogens is 473 g/mol. The SMILES string of the molecule is COc1ccc(-c2cc(C(F)(F)F)n3nc(C(=O)CN4CCCCCC4)c(Cl)c3n2)cc1OC. The maximum Gasteiger partial charge on any atom is 0.433 e. The summed E-state index contributed by atoms with van der Waals surface area (Å²) in [4.78, 5) is 19.3. The lowest BCUT2D eigenvalue weighted by Gasteiger charge is -2.17. The maximum absolute atomic E-state index is 14.0. The molecule has 3 aromatic rings. The summed E-state index contributed by atoms with van der Waals surface area (Å²) in [5.74, 6) is 0.327. The third-order valence-electron chi connectivity index (χ3n) is 5.83. The highest BCUT2D eigenvalue weighted by Crippen LogP contribution is 2.37. The zero-order chi connectivity index (χ0) is 24.5. The van der Waals surface area contributed by atoms with E-state index in [0.717, 1.165) is 44.8 Å². The van der Waals surface area contributed by atoms with Gasteiger partial charge in [0.1, 0.15) is 5.02 Å². The molecule has 1 aromatic carbocycles. The number of carbonyl (C=O) groups is 1. The maximum atomic E-state index is 14.0. The molecule has 0 aliphatic carbocycles.